The Labute approximate surface area is 77.3 Å². The van der Waals surface area contributed by atoms with Gasteiger partial charge >= 0.3 is 0 Å². The maximum atomic E-state index is 2.33. The zero-order chi connectivity index (χ0) is 7.11. The Balaban J connectivity index is -0.000000320. The van der Waals surface area contributed by atoms with Gasteiger partial charge in [-0.05, 0) is 25.2 Å². The third-order valence-electron chi connectivity index (χ3n) is 1.69. The Morgan fingerprint density at radius 2 is 1.55 bits per heavy atom. The Bertz CT molecular complexity index is 77.6. The van der Waals surface area contributed by atoms with Crippen LogP contribution in [-0.2, 0) is 0 Å². The first-order valence-electron chi connectivity index (χ1n) is 4.01. The highest BCUT2D eigenvalue weighted by atomic mass is 35.5. The van der Waals surface area contributed by atoms with Gasteiger partial charge in [-0.1, -0.05) is 32.9 Å². The lowest BCUT2D eigenvalue weighted by molar-refractivity contribution is 0.604. The van der Waals surface area contributed by atoms with E-state index < -0.39 is 0 Å². The second kappa shape index (κ2) is 12.6. The van der Waals surface area contributed by atoms with E-state index in [1.54, 1.807) is 0 Å². The SMILES string of the molecule is CCC=CC(CC)CC.Cl.N. The summed E-state index contributed by atoms with van der Waals surface area (Å²) < 4.78 is 0. The van der Waals surface area contributed by atoms with E-state index in [-0.39, 0.29) is 18.6 Å². The summed E-state index contributed by atoms with van der Waals surface area (Å²) in [4.78, 5) is 0. The summed E-state index contributed by atoms with van der Waals surface area (Å²) in [6.45, 7) is 6.67. The zero-order valence-corrected chi connectivity index (χ0v) is 8.79. The van der Waals surface area contributed by atoms with Gasteiger partial charge in [0.15, 0.2) is 0 Å². The Kier molecular flexibility index (Phi) is 19.8. The summed E-state index contributed by atoms with van der Waals surface area (Å²) in [5.74, 6) is 0.824. The number of allylic oxidation sites excluding steroid dienone is 2. The molecule has 0 heterocycles. The smallest absolute Gasteiger partial charge is 0.0239 e. The molecule has 0 saturated heterocycles. The third-order valence-corrected chi connectivity index (χ3v) is 1.69. The highest BCUT2D eigenvalue weighted by Crippen LogP contribution is 2.08. The van der Waals surface area contributed by atoms with Crippen molar-refractivity contribution in [3.8, 4) is 0 Å². The van der Waals surface area contributed by atoms with Gasteiger partial charge in [0.05, 0.1) is 0 Å². The molecular formula is C9H22ClN. The molecule has 0 aliphatic carbocycles. The fourth-order valence-corrected chi connectivity index (χ4v) is 0.889. The summed E-state index contributed by atoms with van der Waals surface area (Å²) in [5, 5.41) is 0. The topological polar surface area (TPSA) is 35.0 Å². The summed E-state index contributed by atoms with van der Waals surface area (Å²) in [5.41, 5.74) is 0. The molecule has 0 aliphatic rings. The maximum Gasteiger partial charge on any atom is -0.0239 e. The molecule has 70 valence electrons. The van der Waals surface area contributed by atoms with E-state index in [2.05, 4.69) is 32.9 Å². The highest BCUT2D eigenvalue weighted by molar-refractivity contribution is 5.85. The van der Waals surface area contributed by atoms with Crippen LogP contribution in [0.4, 0.5) is 0 Å². The fourth-order valence-electron chi connectivity index (χ4n) is 0.889. The molecule has 0 aromatic rings. The van der Waals surface area contributed by atoms with Crippen molar-refractivity contribution in [2.45, 2.75) is 40.0 Å². The molecule has 0 atom stereocenters. The molecule has 0 amide bonds. The first kappa shape index (κ1) is 17.2. The van der Waals surface area contributed by atoms with Crippen molar-refractivity contribution < 1.29 is 0 Å². The van der Waals surface area contributed by atoms with E-state index in [1.807, 2.05) is 0 Å². The van der Waals surface area contributed by atoms with Gasteiger partial charge in [0, 0.05) is 0 Å². The average molecular weight is 180 g/mol. The van der Waals surface area contributed by atoms with Gasteiger partial charge in [-0.25, -0.2) is 0 Å². The van der Waals surface area contributed by atoms with Crippen LogP contribution in [0.15, 0.2) is 12.2 Å². The standard InChI is InChI=1S/C9H18.ClH.H3N/c1-4-7-8-9(5-2)6-3;;/h7-9H,4-6H2,1-3H3;1H;1H3. The van der Waals surface area contributed by atoms with Gasteiger partial charge in [0.2, 0.25) is 0 Å². The van der Waals surface area contributed by atoms with Crippen molar-refractivity contribution >= 4 is 12.4 Å². The minimum atomic E-state index is 0. The summed E-state index contributed by atoms with van der Waals surface area (Å²) in [6, 6.07) is 0. The van der Waals surface area contributed by atoms with E-state index >= 15 is 0 Å². The van der Waals surface area contributed by atoms with Crippen LogP contribution in [0.3, 0.4) is 0 Å². The van der Waals surface area contributed by atoms with E-state index in [9.17, 15) is 0 Å². The second-order valence-electron chi connectivity index (χ2n) is 2.41. The Hall–Kier alpha value is -0.0100. The molecule has 1 nitrogen and oxygen atoms in total. The van der Waals surface area contributed by atoms with Crippen LogP contribution >= 0.6 is 12.4 Å². The van der Waals surface area contributed by atoms with Crippen LogP contribution in [0.25, 0.3) is 0 Å². The Morgan fingerprint density at radius 1 is 1.09 bits per heavy atom. The monoisotopic (exact) mass is 179 g/mol. The van der Waals surface area contributed by atoms with Crippen LogP contribution in [0.1, 0.15) is 40.0 Å². The highest BCUT2D eigenvalue weighted by Gasteiger charge is 1.94. The van der Waals surface area contributed by atoms with Gasteiger partial charge in [-0.3, -0.25) is 0 Å². The molecular weight excluding hydrogens is 158 g/mol. The van der Waals surface area contributed by atoms with E-state index in [4.69, 9.17) is 0 Å². The molecule has 0 spiro atoms. The van der Waals surface area contributed by atoms with E-state index in [1.165, 1.54) is 19.3 Å². The molecule has 11 heavy (non-hydrogen) atoms. The molecule has 0 aliphatic heterocycles. The molecule has 0 aromatic carbocycles. The van der Waals surface area contributed by atoms with Crippen LogP contribution in [-0.4, -0.2) is 0 Å². The number of rotatable bonds is 4. The molecule has 0 bridgehead atoms. The van der Waals surface area contributed by atoms with Crippen LogP contribution in [0, 0.1) is 5.92 Å². The quantitative estimate of drug-likeness (QED) is 0.652. The predicted molar refractivity (Wildman–Crippen MR) is 55.8 cm³/mol. The normalized spacial score (nSPS) is 9.45. The van der Waals surface area contributed by atoms with Gasteiger partial charge in [0.1, 0.15) is 0 Å². The first-order chi connectivity index (χ1) is 4.35. The van der Waals surface area contributed by atoms with Crippen molar-refractivity contribution in [2.24, 2.45) is 5.92 Å². The minimum absolute atomic E-state index is 0. The molecule has 0 aromatic heterocycles. The van der Waals surface area contributed by atoms with Gasteiger partial charge in [0.25, 0.3) is 0 Å². The lowest BCUT2D eigenvalue weighted by Gasteiger charge is -2.03. The van der Waals surface area contributed by atoms with E-state index in [0.29, 0.717) is 0 Å². The average Bonchev–Trinajstić information content (AvgIpc) is 1.91. The molecule has 3 N–H and O–H groups in total. The molecule has 0 saturated carbocycles. The number of halogens is 1. The summed E-state index contributed by atoms with van der Waals surface area (Å²) >= 11 is 0. The van der Waals surface area contributed by atoms with E-state index in [0.717, 1.165) is 5.92 Å². The predicted octanol–water partition coefficient (Wildman–Crippen LogP) is 3.97. The summed E-state index contributed by atoms with van der Waals surface area (Å²) in [6.07, 6.45) is 8.34. The van der Waals surface area contributed by atoms with Crippen LogP contribution < -0.4 is 6.15 Å². The van der Waals surface area contributed by atoms with Crippen LogP contribution in [0.2, 0.25) is 0 Å². The van der Waals surface area contributed by atoms with Crippen molar-refractivity contribution in [3.63, 3.8) is 0 Å². The molecule has 0 radical (unpaired) electrons. The third kappa shape index (κ3) is 9.99. The van der Waals surface area contributed by atoms with Crippen molar-refractivity contribution in [3.05, 3.63) is 12.2 Å². The molecule has 0 fully saturated rings. The largest absolute Gasteiger partial charge is 0.344 e. The summed E-state index contributed by atoms with van der Waals surface area (Å²) in [7, 11) is 0. The van der Waals surface area contributed by atoms with Gasteiger partial charge < -0.3 is 6.15 Å². The molecule has 2 heteroatoms. The van der Waals surface area contributed by atoms with Crippen molar-refractivity contribution in [1.29, 1.82) is 0 Å². The lowest BCUT2D eigenvalue weighted by Crippen LogP contribution is -1.89. The maximum absolute atomic E-state index is 2.33. The van der Waals surface area contributed by atoms with Crippen LogP contribution in [0.5, 0.6) is 0 Å². The number of hydrogen-bond acceptors (Lipinski definition) is 1. The minimum Gasteiger partial charge on any atom is -0.344 e. The van der Waals surface area contributed by atoms with Crippen molar-refractivity contribution in [1.82, 2.24) is 6.15 Å². The molecule has 0 rings (SSSR count). The fraction of sp³-hybridized carbons (Fsp3) is 0.778. The zero-order valence-electron chi connectivity index (χ0n) is 7.97. The van der Waals surface area contributed by atoms with Gasteiger partial charge in [-0.15, -0.1) is 12.4 Å². The first-order valence-corrected chi connectivity index (χ1v) is 4.01. The second-order valence-corrected chi connectivity index (χ2v) is 2.41. The Morgan fingerprint density at radius 3 is 1.82 bits per heavy atom. The number of hydrogen-bond donors (Lipinski definition) is 1. The van der Waals surface area contributed by atoms with Gasteiger partial charge in [-0.2, -0.15) is 0 Å². The lowest BCUT2D eigenvalue weighted by atomic mass is 10.0. The van der Waals surface area contributed by atoms with Crippen molar-refractivity contribution in [2.75, 3.05) is 0 Å². The molecule has 0 unspecified atom stereocenters.